The van der Waals surface area contributed by atoms with Crippen LogP contribution in [0.3, 0.4) is 0 Å². The van der Waals surface area contributed by atoms with E-state index in [2.05, 4.69) is 19.1 Å². The maximum absolute atomic E-state index is 5.52. The van der Waals surface area contributed by atoms with E-state index in [1.54, 1.807) is 14.2 Å². The third-order valence-corrected chi connectivity index (χ3v) is 3.55. The molecule has 0 aliphatic heterocycles. The maximum atomic E-state index is 5.52. The fourth-order valence-corrected chi connectivity index (χ4v) is 2.79. The Kier molecular flexibility index (Phi) is 1.77. The standard InChI is InChI=1S/C10H16O2/c1-7-8-4-5-9(6-8)10(7,11-2)12-3/h4-5,7-9H,6H2,1-3H3. The summed E-state index contributed by atoms with van der Waals surface area (Å²) in [7, 11) is 3.49. The summed E-state index contributed by atoms with van der Waals surface area (Å²) < 4.78 is 11.0. The molecule has 0 N–H and O–H groups in total. The summed E-state index contributed by atoms with van der Waals surface area (Å²) in [4.78, 5) is 0. The summed E-state index contributed by atoms with van der Waals surface area (Å²) in [6.07, 6.45) is 5.73. The second-order valence-corrected chi connectivity index (χ2v) is 3.81. The van der Waals surface area contributed by atoms with Crippen LogP contribution in [-0.4, -0.2) is 20.0 Å². The second-order valence-electron chi connectivity index (χ2n) is 3.81. The molecule has 0 aromatic rings. The lowest BCUT2D eigenvalue weighted by molar-refractivity contribution is -0.245. The van der Waals surface area contributed by atoms with Crippen molar-refractivity contribution in [2.75, 3.05) is 14.2 Å². The summed E-state index contributed by atoms with van der Waals surface area (Å²) in [6.45, 7) is 2.21. The van der Waals surface area contributed by atoms with Gasteiger partial charge in [-0.25, -0.2) is 0 Å². The smallest absolute Gasteiger partial charge is 0.176 e. The first kappa shape index (κ1) is 8.27. The molecule has 0 aromatic carbocycles. The number of rotatable bonds is 2. The zero-order valence-electron chi connectivity index (χ0n) is 7.91. The van der Waals surface area contributed by atoms with Crippen molar-refractivity contribution < 1.29 is 9.47 Å². The minimum Gasteiger partial charge on any atom is -0.352 e. The largest absolute Gasteiger partial charge is 0.352 e. The van der Waals surface area contributed by atoms with E-state index < -0.39 is 0 Å². The van der Waals surface area contributed by atoms with Gasteiger partial charge in [0.15, 0.2) is 5.79 Å². The number of fused-ring (bicyclic) bond motifs is 2. The maximum Gasteiger partial charge on any atom is 0.176 e. The number of ether oxygens (including phenoxy) is 2. The summed E-state index contributed by atoms with van der Waals surface area (Å²) in [5.74, 6) is 1.28. The molecule has 1 saturated carbocycles. The van der Waals surface area contributed by atoms with Gasteiger partial charge in [0.2, 0.25) is 0 Å². The van der Waals surface area contributed by atoms with Crippen LogP contribution in [0, 0.1) is 17.8 Å². The Balaban J connectivity index is 2.31. The Morgan fingerprint density at radius 1 is 1.25 bits per heavy atom. The van der Waals surface area contributed by atoms with Crippen molar-refractivity contribution in [2.24, 2.45) is 17.8 Å². The predicted octanol–water partition coefficient (Wildman–Crippen LogP) is 1.82. The first-order chi connectivity index (χ1) is 5.74. The number of methoxy groups -OCH3 is 2. The normalized spacial score (nSPS) is 42.4. The predicted molar refractivity (Wildman–Crippen MR) is 46.7 cm³/mol. The van der Waals surface area contributed by atoms with Gasteiger partial charge in [0.05, 0.1) is 0 Å². The van der Waals surface area contributed by atoms with Crippen LogP contribution in [0.1, 0.15) is 13.3 Å². The van der Waals surface area contributed by atoms with Gasteiger partial charge in [-0.2, -0.15) is 0 Å². The molecule has 12 heavy (non-hydrogen) atoms. The lowest BCUT2D eigenvalue weighted by Crippen LogP contribution is -2.44. The van der Waals surface area contributed by atoms with Crippen molar-refractivity contribution in [3.8, 4) is 0 Å². The lowest BCUT2D eigenvalue weighted by atomic mass is 9.89. The molecule has 2 aliphatic carbocycles. The van der Waals surface area contributed by atoms with Gasteiger partial charge < -0.3 is 9.47 Å². The molecule has 2 aliphatic rings. The van der Waals surface area contributed by atoms with Gasteiger partial charge in [0.1, 0.15) is 0 Å². The molecule has 0 saturated heterocycles. The SMILES string of the molecule is COC1(OC)C2C=CC(C2)C1C. The molecule has 2 bridgehead atoms. The first-order valence-electron chi connectivity index (χ1n) is 4.53. The number of hydrogen-bond acceptors (Lipinski definition) is 2. The van der Waals surface area contributed by atoms with Gasteiger partial charge >= 0.3 is 0 Å². The average Bonchev–Trinajstić information content (AvgIpc) is 2.64. The fraction of sp³-hybridized carbons (Fsp3) is 0.800. The van der Waals surface area contributed by atoms with Crippen LogP contribution in [0.5, 0.6) is 0 Å². The molecule has 0 spiro atoms. The van der Waals surface area contributed by atoms with Crippen molar-refractivity contribution in [3.05, 3.63) is 12.2 Å². The van der Waals surface area contributed by atoms with E-state index in [0.717, 1.165) is 0 Å². The summed E-state index contributed by atoms with van der Waals surface area (Å²) in [6, 6.07) is 0. The van der Waals surface area contributed by atoms with Gasteiger partial charge in [0.25, 0.3) is 0 Å². The number of hydrogen-bond donors (Lipinski definition) is 0. The third kappa shape index (κ3) is 0.771. The lowest BCUT2D eigenvalue weighted by Gasteiger charge is -2.37. The quantitative estimate of drug-likeness (QED) is 0.462. The molecule has 0 amide bonds. The molecular formula is C10H16O2. The Labute approximate surface area is 73.5 Å². The van der Waals surface area contributed by atoms with E-state index >= 15 is 0 Å². The molecule has 68 valence electrons. The highest BCUT2D eigenvalue weighted by atomic mass is 16.7. The van der Waals surface area contributed by atoms with Gasteiger partial charge in [-0.15, -0.1) is 0 Å². The monoisotopic (exact) mass is 168 g/mol. The minimum absolute atomic E-state index is 0.334. The molecule has 3 atom stereocenters. The van der Waals surface area contributed by atoms with Gasteiger partial charge in [-0.1, -0.05) is 19.1 Å². The van der Waals surface area contributed by atoms with Crippen LogP contribution in [0.25, 0.3) is 0 Å². The van der Waals surface area contributed by atoms with Crippen molar-refractivity contribution in [1.29, 1.82) is 0 Å². The topological polar surface area (TPSA) is 18.5 Å². The van der Waals surface area contributed by atoms with E-state index in [1.165, 1.54) is 6.42 Å². The van der Waals surface area contributed by atoms with Crippen molar-refractivity contribution in [1.82, 2.24) is 0 Å². The van der Waals surface area contributed by atoms with Crippen LogP contribution >= 0.6 is 0 Å². The van der Waals surface area contributed by atoms with Crippen LogP contribution in [0.4, 0.5) is 0 Å². The minimum atomic E-state index is -0.334. The first-order valence-corrected chi connectivity index (χ1v) is 4.53. The highest BCUT2D eigenvalue weighted by molar-refractivity contribution is 5.17. The summed E-state index contributed by atoms with van der Waals surface area (Å²) in [5, 5.41) is 0. The number of allylic oxidation sites excluding steroid dienone is 1. The van der Waals surface area contributed by atoms with E-state index in [-0.39, 0.29) is 5.79 Å². The Bertz CT molecular complexity index is 206. The summed E-state index contributed by atoms with van der Waals surface area (Å²) in [5.41, 5.74) is 0. The van der Waals surface area contributed by atoms with Crippen molar-refractivity contribution >= 4 is 0 Å². The third-order valence-electron chi connectivity index (χ3n) is 3.55. The zero-order chi connectivity index (χ0) is 8.77. The van der Waals surface area contributed by atoms with Crippen molar-refractivity contribution in [2.45, 2.75) is 19.1 Å². The van der Waals surface area contributed by atoms with Crippen LogP contribution < -0.4 is 0 Å². The van der Waals surface area contributed by atoms with E-state index in [9.17, 15) is 0 Å². The van der Waals surface area contributed by atoms with Crippen molar-refractivity contribution in [3.63, 3.8) is 0 Å². The molecule has 2 nitrogen and oxygen atoms in total. The van der Waals surface area contributed by atoms with Gasteiger partial charge in [-0.05, 0) is 12.3 Å². The molecular weight excluding hydrogens is 152 g/mol. The molecule has 0 aromatic heterocycles. The Hall–Kier alpha value is -0.340. The van der Waals surface area contributed by atoms with Gasteiger partial charge in [-0.3, -0.25) is 0 Å². The molecule has 3 unspecified atom stereocenters. The molecule has 0 heterocycles. The van der Waals surface area contributed by atoms with E-state index in [1.807, 2.05) is 0 Å². The molecule has 1 fully saturated rings. The fourth-order valence-electron chi connectivity index (χ4n) is 2.79. The highest BCUT2D eigenvalue weighted by Gasteiger charge is 2.55. The molecule has 2 rings (SSSR count). The van der Waals surface area contributed by atoms with Crippen LogP contribution in [0.15, 0.2) is 12.2 Å². The highest BCUT2D eigenvalue weighted by Crippen LogP contribution is 2.52. The zero-order valence-corrected chi connectivity index (χ0v) is 7.91. The Morgan fingerprint density at radius 2 is 1.92 bits per heavy atom. The molecule has 2 heteroatoms. The summed E-state index contributed by atoms with van der Waals surface area (Å²) >= 11 is 0. The van der Waals surface area contributed by atoms with Gasteiger partial charge in [0, 0.05) is 26.1 Å². The van der Waals surface area contributed by atoms with Crippen LogP contribution in [-0.2, 0) is 9.47 Å². The second kappa shape index (κ2) is 2.57. The van der Waals surface area contributed by atoms with E-state index in [0.29, 0.717) is 17.8 Å². The van der Waals surface area contributed by atoms with Crippen LogP contribution in [0.2, 0.25) is 0 Å². The molecule has 0 radical (unpaired) electrons. The Morgan fingerprint density at radius 3 is 2.25 bits per heavy atom. The average molecular weight is 168 g/mol. The van der Waals surface area contributed by atoms with E-state index in [4.69, 9.17) is 9.47 Å².